The van der Waals surface area contributed by atoms with Gasteiger partial charge >= 0.3 is 0 Å². The third-order valence-corrected chi connectivity index (χ3v) is 6.42. The molecule has 0 aliphatic heterocycles. The Kier molecular flexibility index (Phi) is 5.53. The summed E-state index contributed by atoms with van der Waals surface area (Å²) in [5, 5.41) is 18.5. The molecule has 0 radical (unpaired) electrons. The summed E-state index contributed by atoms with van der Waals surface area (Å²) in [6, 6.07) is 3.41. The lowest BCUT2D eigenvalue weighted by molar-refractivity contribution is 0.122. The van der Waals surface area contributed by atoms with E-state index in [1.54, 1.807) is 19.2 Å². The van der Waals surface area contributed by atoms with E-state index >= 15 is 4.39 Å². The first-order chi connectivity index (χ1) is 16.2. The van der Waals surface area contributed by atoms with Crippen molar-refractivity contribution in [1.29, 1.82) is 0 Å². The van der Waals surface area contributed by atoms with E-state index in [0.717, 1.165) is 30.4 Å². The largest absolute Gasteiger partial charge is 0.371 e. The highest BCUT2D eigenvalue weighted by molar-refractivity contribution is 5.89. The molecule has 0 saturated heterocycles. The van der Waals surface area contributed by atoms with Gasteiger partial charge in [0.15, 0.2) is 17.3 Å². The van der Waals surface area contributed by atoms with Gasteiger partial charge in [-0.05, 0) is 43.2 Å². The van der Waals surface area contributed by atoms with Gasteiger partial charge in [0.1, 0.15) is 17.6 Å². The van der Waals surface area contributed by atoms with Crippen LogP contribution >= 0.6 is 0 Å². The molecule has 180 valence electrons. The zero-order chi connectivity index (χ0) is 24.0. The Hall–Kier alpha value is -3.44. The van der Waals surface area contributed by atoms with E-state index in [2.05, 4.69) is 49.9 Å². The Morgan fingerprint density at radius 2 is 1.94 bits per heavy atom. The summed E-state index contributed by atoms with van der Waals surface area (Å²) < 4.78 is 43.4. The number of nitrogens with zero attached hydrogens (tertiary/aromatic N) is 7. The molecule has 0 unspecified atom stereocenters. The van der Waals surface area contributed by atoms with Crippen LogP contribution in [0.4, 0.5) is 24.9 Å². The molecule has 4 aromatic heterocycles. The minimum atomic E-state index is -2.62. The number of pyridine rings is 1. The van der Waals surface area contributed by atoms with Crippen molar-refractivity contribution < 1.29 is 13.2 Å². The summed E-state index contributed by atoms with van der Waals surface area (Å²) in [7, 11) is 1.70. The molecule has 4 aromatic rings. The average Bonchev–Trinajstić information content (AvgIpc) is 3.33. The minimum Gasteiger partial charge on any atom is -0.371 e. The highest BCUT2D eigenvalue weighted by Gasteiger charge is 2.28. The predicted octanol–water partition coefficient (Wildman–Crippen LogP) is 4.36. The number of anilines is 2. The van der Waals surface area contributed by atoms with E-state index in [-0.39, 0.29) is 22.9 Å². The number of hydrogen-bond acceptors (Lipinski definition) is 7. The Morgan fingerprint density at radius 1 is 1.18 bits per heavy atom. The second-order valence-corrected chi connectivity index (χ2v) is 9.46. The fraction of sp³-hybridized carbons (Fsp3) is 0.500. The summed E-state index contributed by atoms with van der Waals surface area (Å²) in [6.45, 7) is 3.90. The zero-order valence-electron chi connectivity index (χ0n) is 19.2. The first kappa shape index (κ1) is 22.4. The zero-order valence-corrected chi connectivity index (χ0v) is 19.2. The normalized spacial score (nSPS) is 16.6. The number of halogens is 3. The lowest BCUT2D eigenvalue weighted by Crippen LogP contribution is -2.30. The van der Waals surface area contributed by atoms with Gasteiger partial charge in [0.2, 0.25) is 5.95 Å². The molecule has 2 N–H and O–H groups in total. The Bertz CT molecular complexity index is 1330. The van der Waals surface area contributed by atoms with Gasteiger partial charge in [0.25, 0.3) is 6.43 Å². The van der Waals surface area contributed by atoms with Crippen LogP contribution in [0.25, 0.3) is 27.9 Å². The van der Waals surface area contributed by atoms with Gasteiger partial charge in [0.05, 0.1) is 17.5 Å². The Morgan fingerprint density at radius 3 is 2.65 bits per heavy atom. The highest BCUT2D eigenvalue weighted by Crippen LogP contribution is 2.37. The lowest BCUT2D eigenvalue weighted by Gasteiger charge is -2.34. The van der Waals surface area contributed by atoms with E-state index in [4.69, 9.17) is 0 Å². The number of rotatable bonds is 6. The van der Waals surface area contributed by atoms with Gasteiger partial charge in [-0.1, -0.05) is 19.1 Å². The van der Waals surface area contributed by atoms with Crippen molar-refractivity contribution >= 4 is 28.4 Å². The summed E-state index contributed by atoms with van der Waals surface area (Å²) in [4.78, 5) is 8.98. The molecule has 0 aromatic carbocycles. The second kappa shape index (κ2) is 8.41. The van der Waals surface area contributed by atoms with Crippen molar-refractivity contribution in [3.63, 3.8) is 0 Å². The van der Waals surface area contributed by atoms with Crippen LogP contribution in [0, 0.1) is 11.2 Å². The Labute approximate surface area is 193 Å². The monoisotopic (exact) mass is 473 g/mol. The molecule has 0 atom stereocenters. The number of aromatic nitrogens is 7. The maximum absolute atomic E-state index is 15.2. The quantitative estimate of drug-likeness (QED) is 0.429. The SMILES string of the molecule is CNc1nc(NC2CCC(C)(C)CC2)nn2cc(F)c(-c3ccc4nnn(CC(F)F)c4n3)c12. The second-order valence-electron chi connectivity index (χ2n) is 9.46. The van der Waals surface area contributed by atoms with Crippen molar-refractivity contribution in [1.82, 2.24) is 34.6 Å². The van der Waals surface area contributed by atoms with Gasteiger partial charge in [-0.25, -0.2) is 27.4 Å². The maximum atomic E-state index is 15.2. The molecule has 1 fully saturated rings. The van der Waals surface area contributed by atoms with E-state index in [9.17, 15) is 8.78 Å². The minimum absolute atomic E-state index is 0.155. The molecule has 34 heavy (non-hydrogen) atoms. The summed E-state index contributed by atoms with van der Waals surface area (Å²) in [5.41, 5.74) is 1.66. The molecular weight excluding hydrogens is 447 g/mol. The number of fused-ring (bicyclic) bond motifs is 2. The standard InChI is InChI=1S/C22H26F3N9/c1-22(2)8-6-12(7-9-22)27-21-29-19(26-3)18-17(13(23)10-33(18)31-21)14-4-5-15-20(28-14)34(32-30-15)11-16(24)25/h4-5,10,12,16H,6-9,11H2,1-3H3,(H2,26,27,29,31). The van der Waals surface area contributed by atoms with Crippen LogP contribution in [-0.2, 0) is 6.54 Å². The van der Waals surface area contributed by atoms with Crippen molar-refractivity contribution in [3.8, 4) is 11.3 Å². The van der Waals surface area contributed by atoms with E-state index < -0.39 is 18.8 Å². The predicted molar refractivity (Wildman–Crippen MR) is 122 cm³/mol. The summed E-state index contributed by atoms with van der Waals surface area (Å²) in [6.07, 6.45) is 2.90. The van der Waals surface area contributed by atoms with Crippen LogP contribution in [0.1, 0.15) is 39.5 Å². The molecule has 1 aliphatic rings. The lowest BCUT2D eigenvalue weighted by atomic mass is 9.76. The number of alkyl halides is 2. The molecule has 0 amide bonds. The van der Waals surface area contributed by atoms with E-state index in [1.165, 1.54) is 10.7 Å². The van der Waals surface area contributed by atoms with Crippen LogP contribution in [-0.4, -0.2) is 54.1 Å². The van der Waals surface area contributed by atoms with Gasteiger partial charge < -0.3 is 10.6 Å². The summed E-state index contributed by atoms with van der Waals surface area (Å²) in [5.74, 6) is 0.279. The first-order valence-corrected chi connectivity index (χ1v) is 11.3. The average molecular weight is 474 g/mol. The van der Waals surface area contributed by atoms with E-state index in [1.807, 2.05) is 0 Å². The van der Waals surface area contributed by atoms with Crippen LogP contribution in [0.2, 0.25) is 0 Å². The van der Waals surface area contributed by atoms with Crippen LogP contribution < -0.4 is 10.6 Å². The number of hydrogen-bond donors (Lipinski definition) is 2. The molecule has 5 rings (SSSR count). The molecular formula is C22H26F3N9. The maximum Gasteiger partial charge on any atom is 0.258 e. The fourth-order valence-electron chi connectivity index (χ4n) is 4.50. The smallest absolute Gasteiger partial charge is 0.258 e. The van der Waals surface area contributed by atoms with Crippen LogP contribution in [0.15, 0.2) is 18.3 Å². The van der Waals surface area contributed by atoms with Crippen LogP contribution in [0.5, 0.6) is 0 Å². The molecule has 0 spiro atoms. The van der Waals surface area contributed by atoms with Crippen molar-refractivity contribution in [3.05, 3.63) is 24.1 Å². The fourth-order valence-corrected chi connectivity index (χ4v) is 4.50. The van der Waals surface area contributed by atoms with E-state index in [0.29, 0.717) is 28.2 Å². The molecule has 1 aliphatic carbocycles. The third kappa shape index (κ3) is 4.12. The van der Waals surface area contributed by atoms with Crippen molar-refractivity contribution in [2.75, 3.05) is 17.7 Å². The van der Waals surface area contributed by atoms with Crippen molar-refractivity contribution in [2.24, 2.45) is 5.41 Å². The molecule has 4 heterocycles. The number of nitrogens with one attached hydrogen (secondary N) is 2. The third-order valence-electron chi connectivity index (χ3n) is 6.42. The van der Waals surface area contributed by atoms with Gasteiger partial charge in [-0.15, -0.1) is 10.2 Å². The molecule has 0 bridgehead atoms. The van der Waals surface area contributed by atoms with Crippen molar-refractivity contribution in [2.45, 2.75) is 58.5 Å². The van der Waals surface area contributed by atoms with Gasteiger partial charge in [-0.2, -0.15) is 4.98 Å². The highest BCUT2D eigenvalue weighted by atomic mass is 19.3. The Balaban J connectivity index is 1.53. The topological polar surface area (TPSA) is 97.9 Å². The van der Waals surface area contributed by atoms with Gasteiger partial charge in [0, 0.05) is 13.1 Å². The molecule has 9 nitrogen and oxygen atoms in total. The molecule has 1 saturated carbocycles. The van der Waals surface area contributed by atoms with Crippen LogP contribution in [0.3, 0.4) is 0 Å². The van der Waals surface area contributed by atoms with Gasteiger partial charge in [-0.3, -0.25) is 0 Å². The summed E-state index contributed by atoms with van der Waals surface area (Å²) >= 11 is 0. The first-order valence-electron chi connectivity index (χ1n) is 11.3. The molecule has 12 heteroatoms.